The predicted octanol–water partition coefficient (Wildman–Crippen LogP) is 5.08. The van der Waals surface area contributed by atoms with Gasteiger partial charge in [-0.1, -0.05) is 18.2 Å². The van der Waals surface area contributed by atoms with Crippen LogP contribution in [0, 0.1) is 13.8 Å². The van der Waals surface area contributed by atoms with E-state index in [9.17, 15) is 4.79 Å². The first kappa shape index (κ1) is 25.9. The molecule has 0 saturated carbocycles. The van der Waals surface area contributed by atoms with Crippen molar-refractivity contribution in [2.45, 2.75) is 33.4 Å². The van der Waals surface area contributed by atoms with Gasteiger partial charge in [-0.05, 0) is 67.8 Å². The molecule has 1 aromatic heterocycles. The Hall–Kier alpha value is -4.20. The monoisotopic (exact) mass is 503 g/mol. The Morgan fingerprint density at radius 1 is 0.919 bits per heavy atom. The molecule has 0 spiro atoms. The van der Waals surface area contributed by atoms with Crippen molar-refractivity contribution in [2.24, 2.45) is 0 Å². The van der Waals surface area contributed by atoms with Gasteiger partial charge in [0.15, 0.2) is 11.5 Å². The van der Waals surface area contributed by atoms with Crippen LogP contribution in [-0.2, 0) is 13.1 Å². The number of fused-ring (bicyclic) bond motifs is 1. The number of para-hydroxylation sites is 2. The molecule has 0 aliphatic rings. The first-order valence-electron chi connectivity index (χ1n) is 12.2. The number of hydrogen-bond donors (Lipinski definition) is 1. The third-order valence-corrected chi connectivity index (χ3v) is 6.34. The maximum atomic E-state index is 13.0. The lowest BCUT2D eigenvalue weighted by Gasteiger charge is -2.14. The van der Waals surface area contributed by atoms with Crippen LogP contribution in [0.25, 0.3) is 11.0 Å². The second-order valence-electron chi connectivity index (χ2n) is 8.71. The Morgan fingerprint density at radius 2 is 1.65 bits per heavy atom. The minimum atomic E-state index is -0.268. The Kier molecular flexibility index (Phi) is 8.18. The third kappa shape index (κ3) is 5.80. The molecule has 8 nitrogen and oxygen atoms in total. The number of hydrogen-bond acceptors (Lipinski definition) is 6. The molecule has 0 unspecified atom stereocenters. The van der Waals surface area contributed by atoms with Gasteiger partial charge in [-0.3, -0.25) is 4.79 Å². The van der Waals surface area contributed by atoms with Crippen molar-refractivity contribution in [3.63, 3.8) is 0 Å². The molecule has 0 bridgehead atoms. The number of nitrogens with zero attached hydrogens (tertiary/aromatic N) is 2. The first-order valence-corrected chi connectivity index (χ1v) is 12.2. The number of carbonyl (C=O) groups is 1. The average molecular weight is 504 g/mol. The van der Waals surface area contributed by atoms with Gasteiger partial charge in [0.1, 0.15) is 11.6 Å². The van der Waals surface area contributed by atoms with Gasteiger partial charge in [0.05, 0.1) is 45.5 Å². The minimum Gasteiger partial charge on any atom is -0.494 e. The van der Waals surface area contributed by atoms with E-state index < -0.39 is 0 Å². The zero-order valence-electron chi connectivity index (χ0n) is 22.0. The van der Waals surface area contributed by atoms with E-state index in [1.807, 2.05) is 30.3 Å². The predicted molar refractivity (Wildman–Crippen MR) is 143 cm³/mol. The highest BCUT2D eigenvalue weighted by Gasteiger charge is 2.18. The van der Waals surface area contributed by atoms with E-state index in [1.165, 1.54) is 32.5 Å². The molecule has 0 fully saturated rings. The molecular formula is C29H33N3O5. The van der Waals surface area contributed by atoms with Crippen LogP contribution < -0.4 is 24.3 Å². The second-order valence-corrected chi connectivity index (χ2v) is 8.71. The molecule has 1 amide bonds. The fourth-order valence-corrected chi connectivity index (χ4v) is 4.20. The van der Waals surface area contributed by atoms with Crippen molar-refractivity contribution in [2.75, 3.05) is 27.9 Å². The average Bonchev–Trinajstić information content (AvgIpc) is 3.27. The van der Waals surface area contributed by atoms with Gasteiger partial charge in [-0.2, -0.15) is 0 Å². The van der Waals surface area contributed by atoms with Crippen LogP contribution in [0.4, 0.5) is 0 Å². The van der Waals surface area contributed by atoms with Crippen LogP contribution in [-0.4, -0.2) is 43.4 Å². The van der Waals surface area contributed by atoms with Crippen molar-refractivity contribution in [3.05, 3.63) is 77.1 Å². The number of nitrogens with one attached hydrogen (secondary N) is 1. The second kappa shape index (κ2) is 11.7. The molecule has 3 aromatic carbocycles. The molecule has 1 heterocycles. The SMILES string of the molecule is COc1cc(C(=O)NCc2nc3ccccc3n2CCCOc2ccc(C)c(C)c2)cc(OC)c1OC. The van der Waals surface area contributed by atoms with Gasteiger partial charge in [0, 0.05) is 12.1 Å². The number of benzene rings is 3. The van der Waals surface area contributed by atoms with Gasteiger partial charge < -0.3 is 28.8 Å². The fraction of sp³-hybridized carbons (Fsp3) is 0.310. The Balaban J connectivity index is 1.46. The van der Waals surface area contributed by atoms with Crippen molar-refractivity contribution in [3.8, 4) is 23.0 Å². The highest BCUT2D eigenvalue weighted by Crippen LogP contribution is 2.38. The minimum absolute atomic E-state index is 0.266. The van der Waals surface area contributed by atoms with Crippen LogP contribution in [0.15, 0.2) is 54.6 Å². The van der Waals surface area contributed by atoms with Crippen LogP contribution in [0.2, 0.25) is 0 Å². The van der Waals surface area contributed by atoms with Crippen LogP contribution in [0.1, 0.15) is 33.7 Å². The number of rotatable bonds is 11. The number of carbonyl (C=O) groups excluding carboxylic acids is 1. The van der Waals surface area contributed by atoms with Gasteiger partial charge in [0.25, 0.3) is 5.91 Å². The van der Waals surface area contributed by atoms with E-state index in [0.29, 0.717) is 36.0 Å². The maximum absolute atomic E-state index is 13.0. The summed E-state index contributed by atoms with van der Waals surface area (Å²) in [5, 5.41) is 2.98. The lowest BCUT2D eigenvalue weighted by molar-refractivity contribution is 0.0948. The molecule has 0 aliphatic heterocycles. The summed E-state index contributed by atoms with van der Waals surface area (Å²) in [7, 11) is 4.56. The van der Waals surface area contributed by atoms with Crippen molar-refractivity contribution >= 4 is 16.9 Å². The van der Waals surface area contributed by atoms with E-state index in [2.05, 4.69) is 35.9 Å². The van der Waals surface area contributed by atoms with E-state index in [1.54, 1.807) is 12.1 Å². The number of ether oxygens (including phenoxy) is 4. The largest absolute Gasteiger partial charge is 0.494 e. The molecule has 0 radical (unpaired) electrons. The van der Waals surface area contributed by atoms with Crippen molar-refractivity contribution < 1.29 is 23.7 Å². The molecule has 0 atom stereocenters. The highest BCUT2D eigenvalue weighted by molar-refractivity contribution is 5.95. The molecule has 0 saturated heterocycles. The summed E-state index contributed by atoms with van der Waals surface area (Å²) < 4.78 is 24.2. The summed E-state index contributed by atoms with van der Waals surface area (Å²) in [5.74, 6) is 2.65. The summed E-state index contributed by atoms with van der Waals surface area (Å²) in [6, 6.07) is 17.4. The van der Waals surface area contributed by atoms with Crippen LogP contribution >= 0.6 is 0 Å². The van der Waals surface area contributed by atoms with Gasteiger partial charge in [-0.15, -0.1) is 0 Å². The maximum Gasteiger partial charge on any atom is 0.251 e. The lowest BCUT2D eigenvalue weighted by Crippen LogP contribution is -2.25. The normalized spacial score (nSPS) is 10.8. The van der Waals surface area contributed by atoms with Crippen molar-refractivity contribution in [1.82, 2.24) is 14.9 Å². The molecule has 0 aliphatic carbocycles. The van der Waals surface area contributed by atoms with E-state index in [4.69, 9.17) is 23.9 Å². The Morgan fingerprint density at radius 3 is 2.32 bits per heavy atom. The lowest BCUT2D eigenvalue weighted by atomic mass is 10.1. The summed E-state index contributed by atoms with van der Waals surface area (Å²) in [6.45, 7) is 5.72. The molecule has 37 heavy (non-hydrogen) atoms. The highest BCUT2D eigenvalue weighted by atomic mass is 16.5. The zero-order valence-corrected chi connectivity index (χ0v) is 22.0. The van der Waals surface area contributed by atoms with Gasteiger partial charge in [0.2, 0.25) is 5.75 Å². The van der Waals surface area contributed by atoms with E-state index in [-0.39, 0.29) is 12.5 Å². The molecular weight excluding hydrogens is 470 g/mol. The molecule has 1 N–H and O–H groups in total. The van der Waals surface area contributed by atoms with Gasteiger partial charge in [-0.25, -0.2) is 4.98 Å². The van der Waals surface area contributed by atoms with Crippen molar-refractivity contribution in [1.29, 1.82) is 0 Å². The summed E-state index contributed by atoms with van der Waals surface area (Å²) in [5.41, 5.74) is 4.76. The van der Waals surface area contributed by atoms with Crippen LogP contribution in [0.3, 0.4) is 0 Å². The quantitative estimate of drug-likeness (QED) is 0.288. The summed E-state index contributed by atoms with van der Waals surface area (Å²) in [4.78, 5) is 17.8. The molecule has 8 heteroatoms. The van der Waals surface area contributed by atoms with E-state index >= 15 is 0 Å². The number of methoxy groups -OCH3 is 3. The zero-order chi connectivity index (χ0) is 26.4. The van der Waals surface area contributed by atoms with Crippen LogP contribution in [0.5, 0.6) is 23.0 Å². The first-order chi connectivity index (χ1) is 17.9. The molecule has 194 valence electrons. The number of imidazole rings is 1. The molecule has 4 rings (SSSR count). The number of aromatic nitrogens is 2. The molecule has 4 aromatic rings. The number of aryl methyl sites for hydroxylation is 3. The topological polar surface area (TPSA) is 83.8 Å². The van der Waals surface area contributed by atoms with Gasteiger partial charge >= 0.3 is 0 Å². The standard InChI is InChI=1S/C29H33N3O5/c1-19-11-12-22(15-20(19)2)37-14-8-13-32-24-10-7-6-9-23(24)31-27(32)18-30-29(33)21-16-25(34-3)28(36-5)26(17-21)35-4/h6-7,9-12,15-17H,8,13-14,18H2,1-5H3,(H,30,33). The number of amides is 1. The fourth-order valence-electron chi connectivity index (χ4n) is 4.20. The Labute approximate surface area is 217 Å². The third-order valence-electron chi connectivity index (χ3n) is 6.34. The summed E-state index contributed by atoms with van der Waals surface area (Å²) in [6.07, 6.45) is 0.793. The smallest absolute Gasteiger partial charge is 0.251 e. The Bertz CT molecular complexity index is 1370. The van der Waals surface area contributed by atoms with E-state index in [0.717, 1.165) is 29.0 Å². The summed E-state index contributed by atoms with van der Waals surface area (Å²) >= 11 is 0.